The Hall–Kier alpha value is -2.28. The van der Waals surface area contributed by atoms with Crippen LogP contribution in [0.5, 0.6) is 5.75 Å². The third-order valence-electron chi connectivity index (χ3n) is 3.89. The van der Waals surface area contributed by atoms with Crippen molar-refractivity contribution in [3.63, 3.8) is 0 Å². The minimum atomic E-state index is 0.0364. The molecule has 0 spiro atoms. The van der Waals surface area contributed by atoms with E-state index >= 15 is 0 Å². The van der Waals surface area contributed by atoms with Crippen LogP contribution in [0.2, 0.25) is 0 Å². The Balaban J connectivity index is 1.51. The van der Waals surface area contributed by atoms with E-state index in [1.54, 1.807) is 29.1 Å². The molecule has 1 aromatic carbocycles. The van der Waals surface area contributed by atoms with Crippen molar-refractivity contribution < 1.29 is 14.3 Å². The van der Waals surface area contributed by atoms with Gasteiger partial charge in [0.25, 0.3) is 0 Å². The second kappa shape index (κ2) is 7.32. The van der Waals surface area contributed by atoms with Gasteiger partial charge < -0.3 is 9.47 Å². The number of rotatable bonds is 6. The van der Waals surface area contributed by atoms with Gasteiger partial charge in [-0.3, -0.25) is 4.79 Å². The normalized spacial score (nSPS) is 15.5. The molecule has 1 saturated heterocycles. The van der Waals surface area contributed by atoms with E-state index < -0.39 is 0 Å². The second-order valence-electron chi connectivity index (χ2n) is 5.69. The molecular formula is C16H20N4O3. The van der Waals surface area contributed by atoms with Gasteiger partial charge in [-0.15, -0.1) is 10.2 Å². The van der Waals surface area contributed by atoms with Gasteiger partial charge in [0.05, 0.1) is 6.54 Å². The summed E-state index contributed by atoms with van der Waals surface area (Å²) in [5, 5.41) is 12.4. The van der Waals surface area contributed by atoms with E-state index in [1.165, 1.54) is 6.92 Å². The molecule has 1 aliphatic rings. The van der Waals surface area contributed by atoms with Crippen LogP contribution in [0.15, 0.2) is 24.3 Å². The van der Waals surface area contributed by atoms with E-state index in [0.717, 1.165) is 32.6 Å². The van der Waals surface area contributed by atoms with Crippen LogP contribution in [0, 0.1) is 5.92 Å². The van der Waals surface area contributed by atoms with Crippen molar-refractivity contribution in [3.05, 3.63) is 35.7 Å². The average molecular weight is 316 g/mol. The summed E-state index contributed by atoms with van der Waals surface area (Å²) in [5.41, 5.74) is 0.665. The van der Waals surface area contributed by atoms with E-state index in [1.807, 2.05) is 0 Å². The molecule has 23 heavy (non-hydrogen) atoms. The summed E-state index contributed by atoms with van der Waals surface area (Å²) in [6, 6.07) is 7.02. The zero-order valence-corrected chi connectivity index (χ0v) is 13.1. The highest BCUT2D eigenvalue weighted by Gasteiger charge is 2.16. The molecule has 3 rings (SSSR count). The van der Waals surface area contributed by atoms with E-state index in [-0.39, 0.29) is 12.4 Å². The van der Waals surface area contributed by atoms with Crippen LogP contribution in [0.4, 0.5) is 0 Å². The minimum Gasteiger partial charge on any atom is -0.485 e. The maximum absolute atomic E-state index is 11.2. The van der Waals surface area contributed by atoms with Crippen LogP contribution in [-0.2, 0) is 17.9 Å². The Bertz CT molecular complexity index is 648. The molecule has 0 aliphatic carbocycles. The molecule has 1 fully saturated rings. The van der Waals surface area contributed by atoms with Crippen molar-refractivity contribution in [1.82, 2.24) is 20.2 Å². The molecule has 7 nitrogen and oxygen atoms in total. The number of aromatic nitrogens is 4. The molecule has 1 aromatic heterocycles. The standard InChI is InChI=1S/C16H20N4O3/c1-12(21)14-2-4-15(5-3-14)23-11-16-17-19-20(18-16)10-13-6-8-22-9-7-13/h2-5,13H,6-11H2,1H3. The Labute approximate surface area is 134 Å². The number of carbonyl (C=O) groups is 1. The number of ketones is 1. The van der Waals surface area contributed by atoms with Crippen molar-refractivity contribution in [3.8, 4) is 5.75 Å². The smallest absolute Gasteiger partial charge is 0.212 e. The number of hydrogen-bond donors (Lipinski definition) is 0. The van der Waals surface area contributed by atoms with E-state index in [0.29, 0.717) is 23.1 Å². The van der Waals surface area contributed by atoms with Crippen LogP contribution < -0.4 is 4.74 Å². The molecular weight excluding hydrogens is 296 g/mol. The molecule has 0 N–H and O–H groups in total. The number of benzene rings is 1. The average Bonchev–Trinajstić information content (AvgIpc) is 3.02. The van der Waals surface area contributed by atoms with Gasteiger partial charge in [0.15, 0.2) is 12.4 Å². The molecule has 1 aliphatic heterocycles. The first-order valence-electron chi connectivity index (χ1n) is 7.79. The summed E-state index contributed by atoms with van der Waals surface area (Å²) in [7, 11) is 0. The Morgan fingerprint density at radius 1 is 1.30 bits per heavy atom. The van der Waals surface area contributed by atoms with Crippen molar-refractivity contribution in [1.29, 1.82) is 0 Å². The van der Waals surface area contributed by atoms with Crippen LogP contribution in [0.1, 0.15) is 35.9 Å². The molecule has 2 heterocycles. The van der Waals surface area contributed by atoms with Crippen LogP contribution in [0.3, 0.4) is 0 Å². The van der Waals surface area contributed by atoms with Gasteiger partial charge in [0.2, 0.25) is 5.82 Å². The number of hydrogen-bond acceptors (Lipinski definition) is 6. The van der Waals surface area contributed by atoms with Crippen molar-refractivity contribution in [2.24, 2.45) is 5.92 Å². The maximum atomic E-state index is 11.2. The fourth-order valence-electron chi connectivity index (χ4n) is 2.51. The number of carbonyl (C=O) groups excluding carboxylic acids is 1. The lowest BCUT2D eigenvalue weighted by Gasteiger charge is -2.20. The highest BCUT2D eigenvalue weighted by Crippen LogP contribution is 2.16. The lowest BCUT2D eigenvalue weighted by Crippen LogP contribution is -2.21. The van der Waals surface area contributed by atoms with Crippen LogP contribution >= 0.6 is 0 Å². The zero-order chi connectivity index (χ0) is 16.1. The molecule has 7 heteroatoms. The molecule has 0 radical (unpaired) electrons. The summed E-state index contributed by atoms with van der Waals surface area (Å²) in [6.45, 7) is 4.19. The van der Waals surface area contributed by atoms with Gasteiger partial charge in [0.1, 0.15) is 5.75 Å². The lowest BCUT2D eigenvalue weighted by molar-refractivity contribution is 0.0585. The second-order valence-corrected chi connectivity index (χ2v) is 5.69. The molecule has 0 bridgehead atoms. The van der Waals surface area contributed by atoms with Crippen LogP contribution in [-0.4, -0.2) is 39.2 Å². The fraction of sp³-hybridized carbons (Fsp3) is 0.500. The summed E-state index contributed by atoms with van der Waals surface area (Å²) in [6.07, 6.45) is 2.08. The van der Waals surface area contributed by atoms with Gasteiger partial charge in [-0.1, -0.05) is 0 Å². The number of nitrogens with zero attached hydrogens (tertiary/aromatic N) is 4. The zero-order valence-electron chi connectivity index (χ0n) is 13.1. The van der Waals surface area contributed by atoms with Gasteiger partial charge in [-0.25, -0.2) is 0 Å². The van der Waals surface area contributed by atoms with E-state index in [9.17, 15) is 4.79 Å². The first kappa shape index (κ1) is 15.6. The summed E-state index contributed by atoms with van der Waals surface area (Å²) in [4.78, 5) is 12.9. The summed E-state index contributed by atoms with van der Waals surface area (Å²) >= 11 is 0. The van der Waals surface area contributed by atoms with Gasteiger partial charge in [0, 0.05) is 18.8 Å². The predicted octanol–water partition coefficient (Wildman–Crippen LogP) is 1.88. The number of ether oxygens (including phenoxy) is 2. The molecule has 0 amide bonds. The highest BCUT2D eigenvalue weighted by molar-refractivity contribution is 5.94. The fourth-order valence-corrected chi connectivity index (χ4v) is 2.51. The van der Waals surface area contributed by atoms with Gasteiger partial charge in [-0.05, 0) is 55.2 Å². The quantitative estimate of drug-likeness (QED) is 0.757. The predicted molar refractivity (Wildman–Crippen MR) is 82.1 cm³/mol. The van der Waals surface area contributed by atoms with Crippen molar-refractivity contribution in [2.45, 2.75) is 32.9 Å². The van der Waals surface area contributed by atoms with E-state index in [4.69, 9.17) is 9.47 Å². The third-order valence-corrected chi connectivity index (χ3v) is 3.89. The molecule has 0 saturated carbocycles. The number of Topliss-reactive ketones (excluding diaryl/α,β-unsaturated/α-hetero) is 1. The summed E-state index contributed by atoms with van der Waals surface area (Å²) in [5.74, 6) is 1.81. The van der Waals surface area contributed by atoms with E-state index in [2.05, 4.69) is 15.4 Å². The number of tetrazole rings is 1. The maximum Gasteiger partial charge on any atom is 0.212 e. The molecule has 122 valence electrons. The molecule has 0 atom stereocenters. The summed E-state index contributed by atoms with van der Waals surface area (Å²) < 4.78 is 11.0. The topological polar surface area (TPSA) is 79.1 Å². The monoisotopic (exact) mass is 316 g/mol. The van der Waals surface area contributed by atoms with Crippen molar-refractivity contribution in [2.75, 3.05) is 13.2 Å². The lowest BCUT2D eigenvalue weighted by atomic mass is 10.0. The minimum absolute atomic E-state index is 0.0364. The molecule has 2 aromatic rings. The van der Waals surface area contributed by atoms with Gasteiger partial charge in [-0.2, -0.15) is 4.80 Å². The highest BCUT2D eigenvalue weighted by atomic mass is 16.5. The Morgan fingerprint density at radius 3 is 2.74 bits per heavy atom. The van der Waals surface area contributed by atoms with Gasteiger partial charge >= 0.3 is 0 Å². The van der Waals surface area contributed by atoms with Crippen molar-refractivity contribution >= 4 is 5.78 Å². The first-order valence-corrected chi connectivity index (χ1v) is 7.79. The molecule has 0 unspecified atom stereocenters. The first-order chi connectivity index (χ1) is 11.2. The Morgan fingerprint density at radius 2 is 2.04 bits per heavy atom. The Kier molecular flexibility index (Phi) is 4.97. The third kappa shape index (κ3) is 4.35. The SMILES string of the molecule is CC(=O)c1ccc(OCc2nnn(CC3CCOCC3)n2)cc1. The largest absolute Gasteiger partial charge is 0.485 e. The van der Waals surface area contributed by atoms with Crippen LogP contribution in [0.25, 0.3) is 0 Å².